The SMILES string of the molecule is O=[N+]([O-])c1cnc(OC(F)(F)F)c(Br)c1. The summed E-state index contributed by atoms with van der Waals surface area (Å²) >= 11 is 2.68. The first-order valence-electron chi connectivity index (χ1n) is 3.35. The van der Waals surface area contributed by atoms with Crippen molar-refractivity contribution in [2.24, 2.45) is 0 Å². The molecule has 1 aromatic heterocycles. The Bertz CT molecular complexity index is 396. The minimum absolute atomic E-state index is 0.242. The first kappa shape index (κ1) is 11.7. The number of aromatic nitrogens is 1. The van der Waals surface area contributed by atoms with Crippen LogP contribution in [0.3, 0.4) is 0 Å². The summed E-state index contributed by atoms with van der Waals surface area (Å²) in [5, 5.41) is 10.2. The molecule has 1 heterocycles. The van der Waals surface area contributed by atoms with Gasteiger partial charge in [0.25, 0.3) is 5.69 Å². The minimum atomic E-state index is -4.88. The first-order valence-corrected chi connectivity index (χ1v) is 4.14. The average Bonchev–Trinajstić information content (AvgIpc) is 2.05. The Hall–Kier alpha value is -1.38. The quantitative estimate of drug-likeness (QED) is 0.619. The van der Waals surface area contributed by atoms with Gasteiger partial charge in [-0.25, -0.2) is 4.98 Å². The molecule has 15 heavy (non-hydrogen) atoms. The molecule has 0 N–H and O–H groups in total. The van der Waals surface area contributed by atoms with Gasteiger partial charge in [-0.1, -0.05) is 0 Å². The van der Waals surface area contributed by atoms with E-state index in [0.29, 0.717) is 6.20 Å². The zero-order valence-electron chi connectivity index (χ0n) is 6.79. The fourth-order valence-corrected chi connectivity index (χ4v) is 1.12. The summed E-state index contributed by atoms with van der Waals surface area (Å²) in [4.78, 5) is 12.6. The molecule has 0 fully saturated rings. The van der Waals surface area contributed by atoms with Gasteiger partial charge in [-0.05, 0) is 15.9 Å². The molecule has 9 heteroatoms. The van der Waals surface area contributed by atoms with Crippen LogP contribution in [0.15, 0.2) is 16.7 Å². The summed E-state index contributed by atoms with van der Waals surface area (Å²) in [6, 6.07) is 0.869. The van der Waals surface area contributed by atoms with E-state index in [-0.39, 0.29) is 4.47 Å². The molecule has 5 nitrogen and oxygen atoms in total. The summed E-state index contributed by atoms with van der Waals surface area (Å²) in [5.74, 6) is -0.770. The van der Waals surface area contributed by atoms with E-state index >= 15 is 0 Å². The van der Waals surface area contributed by atoms with Crippen molar-refractivity contribution in [1.82, 2.24) is 4.98 Å². The number of alkyl halides is 3. The highest BCUT2D eigenvalue weighted by Crippen LogP contribution is 2.30. The Morgan fingerprint density at radius 3 is 2.53 bits per heavy atom. The maximum atomic E-state index is 11.8. The summed E-state index contributed by atoms with van der Waals surface area (Å²) in [5.41, 5.74) is -0.434. The van der Waals surface area contributed by atoms with E-state index in [1.54, 1.807) is 0 Å². The van der Waals surface area contributed by atoms with Gasteiger partial charge in [0, 0.05) is 6.07 Å². The minimum Gasteiger partial charge on any atom is -0.387 e. The summed E-state index contributed by atoms with van der Waals surface area (Å²) < 4.78 is 38.5. The maximum absolute atomic E-state index is 11.8. The fraction of sp³-hybridized carbons (Fsp3) is 0.167. The molecule has 0 aliphatic rings. The molecule has 0 aliphatic heterocycles. The van der Waals surface area contributed by atoms with E-state index in [4.69, 9.17) is 0 Å². The Balaban J connectivity index is 2.99. The van der Waals surface area contributed by atoms with Crippen molar-refractivity contribution in [3.63, 3.8) is 0 Å². The van der Waals surface area contributed by atoms with E-state index in [2.05, 4.69) is 25.7 Å². The van der Waals surface area contributed by atoms with Gasteiger partial charge in [0.15, 0.2) is 0 Å². The van der Waals surface area contributed by atoms with E-state index in [0.717, 1.165) is 6.07 Å². The fourth-order valence-electron chi connectivity index (χ4n) is 0.700. The summed E-state index contributed by atoms with van der Waals surface area (Å²) in [6.07, 6.45) is -4.21. The number of nitro groups is 1. The van der Waals surface area contributed by atoms with Crippen LogP contribution in [0.5, 0.6) is 5.88 Å². The highest BCUT2D eigenvalue weighted by Gasteiger charge is 2.33. The van der Waals surface area contributed by atoms with Crippen LogP contribution in [0.1, 0.15) is 0 Å². The van der Waals surface area contributed by atoms with Gasteiger partial charge in [0.2, 0.25) is 5.88 Å². The van der Waals surface area contributed by atoms with Crippen LogP contribution in [0.4, 0.5) is 18.9 Å². The standard InChI is InChI=1S/C6H2BrF3N2O3/c7-4-1-3(12(13)14)2-11-5(4)15-6(8,9)10/h1-2H. The van der Waals surface area contributed by atoms with E-state index in [9.17, 15) is 23.3 Å². The van der Waals surface area contributed by atoms with E-state index in [1.807, 2.05) is 0 Å². The van der Waals surface area contributed by atoms with Gasteiger partial charge >= 0.3 is 6.36 Å². The molecule has 1 rings (SSSR count). The molecule has 0 spiro atoms. The lowest BCUT2D eigenvalue weighted by atomic mass is 10.4. The number of hydrogen-bond donors (Lipinski definition) is 0. The molecule has 0 unspecified atom stereocenters. The van der Waals surface area contributed by atoms with Gasteiger partial charge in [-0.2, -0.15) is 0 Å². The lowest BCUT2D eigenvalue weighted by Crippen LogP contribution is -2.18. The van der Waals surface area contributed by atoms with Gasteiger partial charge in [-0.15, -0.1) is 13.2 Å². The molecule has 82 valence electrons. The second-order valence-corrected chi connectivity index (χ2v) is 3.14. The van der Waals surface area contributed by atoms with Crippen LogP contribution in [0, 0.1) is 10.1 Å². The molecular weight excluding hydrogens is 285 g/mol. The zero-order chi connectivity index (χ0) is 11.6. The largest absolute Gasteiger partial charge is 0.574 e. The van der Waals surface area contributed by atoms with E-state index in [1.165, 1.54) is 0 Å². The number of halogens is 4. The van der Waals surface area contributed by atoms with Crippen molar-refractivity contribution >= 4 is 21.6 Å². The van der Waals surface area contributed by atoms with Crippen molar-refractivity contribution in [3.05, 3.63) is 26.9 Å². The maximum Gasteiger partial charge on any atom is 0.574 e. The average molecular weight is 287 g/mol. The topological polar surface area (TPSA) is 65.3 Å². The van der Waals surface area contributed by atoms with Gasteiger partial charge in [-0.3, -0.25) is 10.1 Å². The highest BCUT2D eigenvalue weighted by atomic mass is 79.9. The summed E-state index contributed by atoms with van der Waals surface area (Å²) in [7, 11) is 0. The molecular formula is C6H2BrF3N2O3. The molecule has 0 saturated carbocycles. The Kier molecular flexibility index (Phi) is 3.12. The zero-order valence-corrected chi connectivity index (χ0v) is 8.37. The second-order valence-electron chi connectivity index (χ2n) is 2.29. The third-order valence-corrected chi connectivity index (χ3v) is 1.78. The van der Waals surface area contributed by atoms with Crippen LogP contribution in [-0.2, 0) is 0 Å². The number of pyridine rings is 1. The second kappa shape index (κ2) is 4.01. The number of ether oxygens (including phenoxy) is 1. The number of nitrogens with zero attached hydrogens (tertiary/aromatic N) is 2. The molecule has 1 aromatic rings. The smallest absolute Gasteiger partial charge is 0.387 e. The third kappa shape index (κ3) is 3.35. The predicted octanol–water partition coefficient (Wildman–Crippen LogP) is 2.65. The number of rotatable bonds is 2. The predicted molar refractivity (Wildman–Crippen MR) is 45.3 cm³/mol. The van der Waals surface area contributed by atoms with Crippen molar-refractivity contribution in [1.29, 1.82) is 0 Å². The van der Waals surface area contributed by atoms with Crippen LogP contribution < -0.4 is 4.74 Å². The van der Waals surface area contributed by atoms with Crippen molar-refractivity contribution in [2.45, 2.75) is 6.36 Å². The monoisotopic (exact) mass is 286 g/mol. The Morgan fingerprint density at radius 1 is 1.53 bits per heavy atom. The number of hydrogen-bond acceptors (Lipinski definition) is 4. The van der Waals surface area contributed by atoms with Crippen molar-refractivity contribution in [3.8, 4) is 5.88 Å². The molecule has 0 amide bonds. The summed E-state index contributed by atoms with van der Waals surface area (Å²) in [6.45, 7) is 0. The van der Waals surface area contributed by atoms with Crippen LogP contribution in [0.25, 0.3) is 0 Å². The van der Waals surface area contributed by atoms with Gasteiger partial charge < -0.3 is 4.74 Å². The normalized spacial score (nSPS) is 11.2. The lowest BCUT2D eigenvalue weighted by Gasteiger charge is -2.08. The van der Waals surface area contributed by atoms with Gasteiger partial charge in [0.1, 0.15) is 6.20 Å². The molecule has 0 aromatic carbocycles. The highest BCUT2D eigenvalue weighted by molar-refractivity contribution is 9.10. The van der Waals surface area contributed by atoms with Crippen LogP contribution >= 0.6 is 15.9 Å². The first-order chi connectivity index (χ1) is 6.79. The Morgan fingerprint density at radius 2 is 2.13 bits per heavy atom. The molecule has 0 saturated heterocycles. The third-order valence-electron chi connectivity index (χ3n) is 1.22. The lowest BCUT2D eigenvalue weighted by molar-refractivity contribution is -0.385. The van der Waals surface area contributed by atoms with Crippen LogP contribution in [-0.4, -0.2) is 16.3 Å². The van der Waals surface area contributed by atoms with E-state index < -0.39 is 22.9 Å². The Labute approximate surface area is 89.1 Å². The molecule has 0 bridgehead atoms. The molecule has 0 radical (unpaired) electrons. The van der Waals surface area contributed by atoms with Gasteiger partial charge in [0.05, 0.1) is 9.40 Å². The molecule has 0 atom stereocenters. The van der Waals surface area contributed by atoms with Crippen molar-refractivity contribution < 1.29 is 22.8 Å². The molecule has 0 aliphatic carbocycles. The van der Waals surface area contributed by atoms with Crippen LogP contribution in [0.2, 0.25) is 0 Å². The van der Waals surface area contributed by atoms with Crippen molar-refractivity contribution in [2.75, 3.05) is 0 Å².